The Morgan fingerprint density at radius 2 is 1.71 bits per heavy atom. The normalized spacial score (nSPS) is 15.6. The lowest BCUT2D eigenvalue weighted by atomic mass is 9.93. The highest BCUT2D eigenvalue weighted by Gasteiger charge is 2.33. The molecular weight excluding hydrogens is 408 g/mol. The van der Waals surface area contributed by atoms with E-state index in [0.717, 1.165) is 33.3 Å². The predicted octanol–water partition coefficient (Wildman–Crippen LogP) is 4.78. The fourth-order valence-corrected chi connectivity index (χ4v) is 4.94. The van der Waals surface area contributed by atoms with Crippen LogP contribution in [-0.4, -0.2) is 25.1 Å². The van der Waals surface area contributed by atoms with Crippen LogP contribution in [0.25, 0.3) is 22.0 Å². The molecule has 0 saturated heterocycles. The first kappa shape index (κ1) is 19.5. The fraction of sp³-hybridized carbons (Fsp3) is 0.120. The molecule has 0 spiro atoms. The molecule has 1 unspecified atom stereocenters. The summed E-state index contributed by atoms with van der Waals surface area (Å²) in [5.74, 6) is -0.575. The molecule has 0 radical (unpaired) electrons. The van der Waals surface area contributed by atoms with Gasteiger partial charge in [0.15, 0.2) is 9.84 Å². The monoisotopic (exact) mass is 428 g/mol. The molecule has 1 aliphatic rings. The predicted molar refractivity (Wildman–Crippen MR) is 122 cm³/mol. The number of carbonyl (C=O) groups is 1. The Labute approximate surface area is 180 Å². The van der Waals surface area contributed by atoms with Crippen LogP contribution in [0.3, 0.4) is 0 Å². The molecule has 6 heteroatoms. The van der Waals surface area contributed by atoms with Gasteiger partial charge in [-0.2, -0.15) is 0 Å². The Kier molecular flexibility index (Phi) is 4.59. The van der Waals surface area contributed by atoms with Crippen molar-refractivity contribution in [2.24, 2.45) is 0 Å². The molecule has 0 fully saturated rings. The van der Waals surface area contributed by atoms with Crippen molar-refractivity contribution in [3.05, 3.63) is 90.1 Å². The number of aromatic nitrogens is 1. The van der Waals surface area contributed by atoms with E-state index in [-0.39, 0.29) is 11.7 Å². The number of fused-ring (bicyclic) bond motifs is 2. The zero-order valence-electron chi connectivity index (χ0n) is 16.9. The number of carbonyl (C=O) groups excluding carboxylic acids is 1. The van der Waals surface area contributed by atoms with Crippen molar-refractivity contribution in [2.75, 3.05) is 11.1 Å². The molecule has 5 nitrogen and oxygen atoms in total. The maximum absolute atomic E-state index is 12.8. The van der Waals surface area contributed by atoms with Crippen molar-refractivity contribution in [1.82, 2.24) is 4.98 Å². The highest BCUT2D eigenvalue weighted by molar-refractivity contribution is 7.91. The topological polar surface area (TPSA) is 76.1 Å². The van der Waals surface area contributed by atoms with Crippen LogP contribution in [0.15, 0.2) is 83.8 Å². The van der Waals surface area contributed by atoms with E-state index < -0.39 is 15.8 Å². The molecule has 3 aromatic carbocycles. The number of pyridine rings is 1. The molecule has 2 heterocycles. The van der Waals surface area contributed by atoms with E-state index in [1.807, 2.05) is 60.7 Å². The van der Waals surface area contributed by atoms with Gasteiger partial charge in [-0.25, -0.2) is 8.42 Å². The first-order chi connectivity index (χ1) is 15.0. The Hall–Kier alpha value is -3.51. The third-order valence-electron chi connectivity index (χ3n) is 5.70. The van der Waals surface area contributed by atoms with Crippen molar-refractivity contribution in [3.8, 4) is 11.1 Å². The van der Waals surface area contributed by atoms with Gasteiger partial charge in [-0.15, -0.1) is 0 Å². The second kappa shape index (κ2) is 7.32. The maximum atomic E-state index is 12.8. The zero-order chi connectivity index (χ0) is 21.6. The van der Waals surface area contributed by atoms with Crippen LogP contribution < -0.4 is 5.32 Å². The van der Waals surface area contributed by atoms with Gasteiger partial charge in [0.1, 0.15) is 5.92 Å². The third-order valence-corrected chi connectivity index (χ3v) is 7.44. The van der Waals surface area contributed by atoms with E-state index in [2.05, 4.69) is 5.32 Å². The Bertz CT molecular complexity index is 1440. The summed E-state index contributed by atoms with van der Waals surface area (Å²) in [6.07, 6.45) is 0. The number of nitrogens with zero attached hydrogens (tertiary/aromatic N) is 1. The minimum absolute atomic E-state index is 0.0504. The van der Waals surface area contributed by atoms with Gasteiger partial charge in [0.05, 0.1) is 21.9 Å². The summed E-state index contributed by atoms with van der Waals surface area (Å²) in [5, 5.41) is 3.96. The Morgan fingerprint density at radius 3 is 2.55 bits per heavy atom. The quantitative estimate of drug-likeness (QED) is 0.508. The van der Waals surface area contributed by atoms with Crippen LogP contribution in [-0.2, 0) is 14.6 Å². The van der Waals surface area contributed by atoms with E-state index in [9.17, 15) is 13.2 Å². The highest BCUT2D eigenvalue weighted by Crippen LogP contribution is 2.39. The fourth-order valence-electron chi connectivity index (χ4n) is 4.01. The van der Waals surface area contributed by atoms with Gasteiger partial charge < -0.3 is 5.32 Å². The number of rotatable bonds is 4. The number of amides is 1. The van der Waals surface area contributed by atoms with Gasteiger partial charge in [-0.05, 0) is 53.1 Å². The van der Waals surface area contributed by atoms with E-state index in [0.29, 0.717) is 10.6 Å². The van der Waals surface area contributed by atoms with E-state index in [4.69, 9.17) is 4.98 Å². The van der Waals surface area contributed by atoms with Crippen LogP contribution in [0, 0.1) is 0 Å². The molecule has 1 amide bonds. The van der Waals surface area contributed by atoms with Crippen LogP contribution in [0.1, 0.15) is 24.1 Å². The summed E-state index contributed by atoms with van der Waals surface area (Å²) in [5.41, 5.74) is 4.78. The maximum Gasteiger partial charge on any atom is 0.238 e. The van der Waals surface area contributed by atoms with Crippen LogP contribution in [0.4, 0.5) is 5.69 Å². The van der Waals surface area contributed by atoms with Gasteiger partial charge in [0.25, 0.3) is 0 Å². The lowest BCUT2D eigenvalue weighted by Crippen LogP contribution is -2.14. The summed E-state index contributed by atoms with van der Waals surface area (Å²) in [6, 6.07) is 24.3. The van der Waals surface area contributed by atoms with Gasteiger partial charge in [-0.3, -0.25) is 9.78 Å². The van der Waals surface area contributed by atoms with E-state index in [1.54, 1.807) is 25.1 Å². The van der Waals surface area contributed by atoms with Crippen molar-refractivity contribution in [2.45, 2.75) is 17.7 Å². The molecule has 0 saturated carbocycles. The number of nitrogens with one attached hydrogen (secondary N) is 1. The van der Waals surface area contributed by atoms with Gasteiger partial charge in [0.2, 0.25) is 5.91 Å². The van der Waals surface area contributed by atoms with Crippen LogP contribution in [0.5, 0.6) is 0 Å². The van der Waals surface area contributed by atoms with Crippen molar-refractivity contribution in [3.63, 3.8) is 0 Å². The minimum Gasteiger partial charge on any atom is -0.325 e. The van der Waals surface area contributed by atoms with E-state index >= 15 is 0 Å². The molecule has 5 rings (SSSR count). The Balaban J connectivity index is 1.60. The SMILES string of the molecule is CCS(=O)(=O)c1cccc(-c2ccc3c(c2)C(c2ccc4ccccc4n2)C(=O)N3)c1. The number of hydrogen-bond acceptors (Lipinski definition) is 4. The number of anilines is 1. The largest absolute Gasteiger partial charge is 0.325 e. The molecule has 1 N–H and O–H groups in total. The minimum atomic E-state index is -3.30. The van der Waals surface area contributed by atoms with Crippen LogP contribution in [0.2, 0.25) is 0 Å². The molecule has 1 atom stereocenters. The first-order valence-corrected chi connectivity index (χ1v) is 11.8. The van der Waals surface area contributed by atoms with Crippen molar-refractivity contribution < 1.29 is 13.2 Å². The summed E-state index contributed by atoms with van der Waals surface area (Å²) >= 11 is 0. The number of sulfone groups is 1. The molecule has 154 valence electrons. The smallest absolute Gasteiger partial charge is 0.238 e. The number of para-hydroxylation sites is 1. The summed E-state index contributed by atoms with van der Waals surface area (Å²) in [6.45, 7) is 1.63. The van der Waals surface area contributed by atoms with Gasteiger partial charge in [-0.1, -0.05) is 49.4 Å². The summed E-state index contributed by atoms with van der Waals surface area (Å²) in [4.78, 5) is 17.8. The molecule has 31 heavy (non-hydrogen) atoms. The molecular formula is C25H20N2O3S. The Morgan fingerprint density at radius 1 is 0.903 bits per heavy atom. The molecule has 0 bridgehead atoms. The number of hydrogen-bond donors (Lipinski definition) is 1. The zero-order valence-corrected chi connectivity index (χ0v) is 17.7. The highest BCUT2D eigenvalue weighted by atomic mass is 32.2. The van der Waals surface area contributed by atoms with Crippen molar-refractivity contribution >= 4 is 32.3 Å². The van der Waals surface area contributed by atoms with Gasteiger partial charge >= 0.3 is 0 Å². The number of benzene rings is 3. The second-order valence-corrected chi connectivity index (χ2v) is 9.86. The molecule has 0 aliphatic carbocycles. The van der Waals surface area contributed by atoms with Crippen molar-refractivity contribution in [1.29, 1.82) is 0 Å². The summed E-state index contributed by atoms with van der Waals surface area (Å²) in [7, 11) is -3.30. The lowest BCUT2D eigenvalue weighted by molar-refractivity contribution is -0.116. The average Bonchev–Trinajstić information content (AvgIpc) is 3.13. The first-order valence-electron chi connectivity index (χ1n) is 10.1. The molecule has 4 aromatic rings. The molecule has 1 aliphatic heterocycles. The lowest BCUT2D eigenvalue weighted by Gasteiger charge is -2.12. The van der Waals surface area contributed by atoms with Crippen LogP contribution >= 0.6 is 0 Å². The second-order valence-electron chi connectivity index (χ2n) is 7.58. The third kappa shape index (κ3) is 3.39. The molecule has 1 aromatic heterocycles. The average molecular weight is 429 g/mol. The standard InChI is InChI=1S/C25H20N2O3S/c1-2-31(29,30)19-8-5-7-17(14-19)18-11-12-22-20(15-18)24(25(28)27-22)23-13-10-16-6-3-4-9-21(16)26-23/h3-15,24H,2H2,1H3,(H,27,28). The summed E-state index contributed by atoms with van der Waals surface area (Å²) < 4.78 is 24.6. The van der Waals surface area contributed by atoms with Gasteiger partial charge in [0, 0.05) is 11.1 Å². The van der Waals surface area contributed by atoms with E-state index in [1.165, 1.54) is 0 Å².